The second-order valence-corrected chi connectivity index (χ2v) is 8.18. The summed E-state index contributed by atoms with van der Waals surface area (Å²) < 4.78 is 25.3. The maximum Gasteiger partial charge on any atom is 0.317 e. The van der Waals surface area contributed by atoms with Crippen LogP contribution < -0.4 is 5.32 Å². The van der Waals surface area contributed by atoms with Crippen LogP contribution >= 0.6 is 0 Å². The van der Waals surface area contributed by atoms with Crippen molar-refractivity contribution in [3.05, 3.63) is 24.0 Å². The highest BCUT2D eigenvalue weighted by molar-refractivity contribution is 7.91. The smallest absolute Gasteiger partial charge is 0.317 e. The lowest BCUT2D eigenvalue weighted by molar-refractivity contribution is 0.178. The molecule has 2 amide bonds. The first-order chi connectivity index (χ1) is 10.4. The van der Waals surface area contributed by atoms with Crippen LogP contribution in [0.4, 0.5) is 4.79 Å². The molecule has 0 aromatic carbocycles. The van der Waals surface area contributed by atoms with Gasteiger partial charge in [-0.2, -0.15) is 0 Å². The monoisotopic (exact) mass is 327 g/mol. The van der Waals surface area contributed by atoms with Gasteiger partial charge in [0.25, 0.3) is 0 Å². The molecular weight excluding hydrogens is 302 g/mol. The first-order valence-corrected chi connectivity index (χ1v) is 9.59. The number of nitrogens with zero attached hydrogens (tertiary/aromatic N) is 2. The molecule has 0 radical (unpaired) electrons. The number of unbranched alkanes of at least 4 members (excludes halogenated alkanes) is 1. The van der Waals surface area contributed by atoms with Gasteiger partial charge in [-0.1, -0.05) is 13.3 Å². The lowest BCUT2D eigenvalue weighted by Gasteiger charge is -2.28. The third-order valence-electron chi connectivity index (χ3n) is 4.00. The number of carbonyl (C=O) groups is 1. The SMILES string of the molecule is CCCCN(C(=O)NCc1ccn(C)c1)[C@H]1CCS(=O)(=O)C1. The number of hydrogen-bond donors (Lipinski definition) is 1. The molecule has 0 spiro atoms. The quantitative estimate of drug-likeness (QED) is 0.861. The molecule has 1 aliphatic heterocycles. The number of nitrogens with one attached hydrogen (secondary N) is 1. The summed E-state index contributed by atoms with van der Waals surface area (Å²) in [4.78, 5) is 14.1. The Morgan fingerprint density at radius 2 is 2.27 bits per heavy atom. The Bertz CT molecular complexity index is 609. The topological polar surface area (TPSA) is 71.4 Å². The normalized spacial score (nSPS) is 20.0. The van der Waals surface area contributed by atoms with Gasteiger partial charge in [0.2, 0.25) is 0 Å². The molecule has 1 aromatic rings. The van der Waals surface area contributed by atoms with Gasteiger partial charge in [-0.15, -0.1) is 0 Å². The van der Waals surface area contributed by atoms with E-state index in [1.807, 2.05) is 30.1 Å². The molecular formula is C15H25N3O3S. The predicted octanol–water partition coefficient (Wildman–Crippen LogP) is 1.52. The summed E-state index contributed by atoms with van der Waals surface area (Å²) in [6.45, 7) is 3.13. The molecule has 1 saturated heterocycles. The molecule has 1 fully saturated rings. The molecule has 1 N–H and O–H groups in total. The first-order valence-electron chi connectivity index (χ1n) is 7.77. The van der Waals surface area contributed by atoms with E-state index in [0.717, 1.165) is 18.4 Å². The fourth-order valence-electron chi connectivity index (χ4n) is 2.74. The van der Waals surface area contributed by atoms with Crippen LogP contribution in [0.25, 0.3) is 0 Å². The fraction of sp³-hybridized carbons (Fsp3) is 0.667. The minimum Gasteiger partial charge on any atom is -0.357 e. The van der Waals surface area contributed by atoms with E-state index in [-0.39, 0.29) is 23.6 Å². The molecule has 22 heavy (non-hydrogen) atoms. The Morgan fingerprint density at radius 1 is 1.50 bits per heavy atom. The zero-order valence-corrected chi connectivity index (χ0v) is 14.1. The van der Waals surface area contributed by atoms with E-state index in [9.17, 15) is 13.2 Å². The van der Waals surface area contributed by atoms with Crippen LogP contribution in [0.15, 0.2) is 18.5 Å². The van der Waals surface area contributed by atoms with Gasteiger partial charge in [0.15, 0.2) is 9.84 Å². The van der Waals surface area contributed by atoms with Crippen LogP contribution in [-0.2, 0) is 23.4 Å². The average molecular weight is 327 g/mol. The van der Waals surface area contributed by atoms with E-state index in [1.165, 1.54) is 0 Å². The molecule has 1 atom stereocenters. The summed E-state index contributed by atoms with van der Waals surface area (Å²) >= 11 is 0. The predicted molar refractivity (Wildman–Crippen MR) is 86.3 cm³/mol. The molecule has 124 valence electrons. The van der Waals surface area contributed by atoms with Crippen LogP contribution in [0.3, 0.4) is 0 Å². The lowest BCUT2D eigenvalue weighted by Crippen LogP contribution is -2.47. The van der Waals surface area contributed by atoms with Crippen LogP contribution in [0.2, 0.25) is 0 Å². The van der Waals surface area contributed by atoms with Crippen molar-refractivity contribution in [1.29, 1.82) is 0 Å². The van der Waals surface area contributed by atoms with Crippen LogP contribution in [0, 0.1) is 0 Å². The van der Waals surface area contributed by atoms with Gasteiger partial charge in [0.1, 0.15) is 0 Å². The second-order valence-electron chi connectivity index (χ2n) is 5.95. The van der Waals surface area contributed by atoms with Crippen molar-refractivity contribution in [3.8, 4) is 0 Å². The zero-order valence-electron chi connectivity index (χ0n) is 13.3. The van der Waals surface area contributed by atoms with Crippen molar-refractivity contribution in [1.82, 2.24) is 14.8 Å². The van der Waals surface area contributed by atoms with Crippen molar-refractivity contribution in [2.75, 3.05) is 18.1 Å². The molecule has 6 nitrogen and oxygen atoms in total. The standard InChI is InChI=1S/C15H25N3O3S/c1-3-4-7-18(14-6-9-22(20,21)12-14)15(19)16-10-13-5-8-17(2)11-13/h5,8,11,14H,3-4,6-7,9-10,12H2,1-2H3,(H,16,19)/t14-/m0/s1. The minimum absolute atomic E-state index is 0.0927. The summed E-state index contributed by atoms with van der Waals surface area (Å²) in [6.07, 6.45) is 6.29. The number of sulfone groups is 1. The average Bonchev–Trinajstić information content (AvgIpc) is 3.03. The Hall–Kier alpha value is -1.50. The number of rotatable bonds is 6. The zero-order chi connectivity index (χ0) is 16.2. The second kappa shape index (κ2) is 7.17. The Labute approximate surface area is 132 Å². The molecule has 0 bridgehead atoms. The minimum atomic E-state index is -2.99. The van der Waals surface area contributed by atoms with E-state index < -0.39 is 9.84 Å². The highest BCUT2D eigenvalue weighted by atomic mass is 32.2. The van der Waals surface area contributed by atoms with Gasteiger partial charge in [0, 0.05) is 38.6 Å². The van der Waals surface area contributed by atoms with Crippen LogP contribution in [-0.4, -0.2) is 48.0 Å². The third-order valence-corrected chi connectivity index (χ3v) is 5.75. The summed E-state index contributed by atoms with van der Waals surface area (Å²) in [7, 11) is -1.06. The van der Waals surface area contributed by atoms with Crippen molar-refractivity contribution >= 4 is 15.9 Å². The number of aromatic nitrogens is 1. The van der Waals surface area contributed by atoms with Crippen molar-refractivity contribution in [3.63, 3.8) is 0 Å². The van der Waals surface area contributed by atoms with Gasteiger partial charge in [-0.05, 0) is 24.5 Å². The largest absolute Gasteiger partial charge is 0.357 e. The van der Waals surface area contributed by atoms with Gasteiger partial charge >= 0.3 is 6.03 Å². The Morgan fingerprint density at radius 3 is 2.82 bits per heavy atom. The van der Waals surface area contributed by atoms with E-state index in [1.54, 1.807) is 4.90 Å². The van der Waals surface area contributed by atoms with E-state index >= 15 is 0 Å². The maximum atomic E-state index is 12.4. The Kier molecular flexibility index (Phi) is 5.50. The van der Waals surface area contributed by atoms with Gasteiger partial charge in [-0.25, -0.2) is 13.2 Å². The van der Waals surface area contributed by atoms with Gasteiger partial charge < -0.3 is 14.8 Å². The molecule has 0 unspecified atom stereocenters. The molecule has 2 rings (SSSR count). The van der Waals surface area contributed by atoms with Crippen molar-refractivity contribution in [2.24, 2.45) is 7.05 Å². The number of hydrogen-bond acceptors (Lipinski definition) is 3. The van der Waals surface area contributed by atoms with Crippen LogP contribution in [0.1, 0.15) is 31.7 Å². The Balaban J connectivity index is 1.96. The summed E-state index contributed by atoms with van der Waals surface area (Å²) in [5.74, 6) is 0.279. The van der Waals surface area contributed by atoms with E-state index in [0.29, 0.717) is 19.5 Å². The van der Waals surface area contributed by atoms with E-state index in [2.05, 4.69) is 12.2 Å². The maximum absolute atomic E-state index is 12.4. The van der Waals surface area contributed by atoms with Gasteiger partial charge in [-0.3, -0.25) is 0 Å². The van der Waals surface area contributed by atoms with Crippen molar-refractivity contribution < 1.29 is 13.2 Å². The first kappa shape index (κ1) is 16.9. The number of carbonyl (C=O) groups excluding carboxylic acids is 1. The number of amides is 2. The number of aryl methyl sites for hydroxylation is 1. The highest BCUT2D eigenvalue weighted by Gasteiger charge is 2.34. The molecule has 0 aliphatic carbocycles. The summed E-state index contributed by atoms with van der Waals surface area (Å²) in [5.41, 5.74) is 1.03. The molecule has 1 aliphatic rings. The molecule has 0 saturated carbocycles. The molecule has 2 heterocycles. The lowest BCUT2D eigenvalue weighted by atomic mass is 10.2. The number of urea groups is 1. The van der Waals surface area contributed by atoms with Crippen molar-refractivity contribution in [2.45, 2.75) is 38.8 Å². The molecule has 7 heteroatoms. The van der Waals surface area contributed by atoms with Crippen LogP contribution in [0.5, 0.6) is 0 Å². The van der Waals surface area contributed by atoms with Gasteiger partial charge in [0.05, 0.1) is 11.5 Å². The molecule has 1 aromatic heterocycles. The summed E-state index contributed by atoms with van der Waals surface area (Å²) in [5, 5.41) is 2.90. The van der Waals surface area contributed by atoms with E-state index in [4.69, 9.17) is 0 Å². The summed E-state index contributed by atoms with van der Waals surface area (Å²) in [6, 6.07) is 1.60. The highest BCUT2D eigenvalue weighted by Crippen LogP contribution is 2.18. The fourth-order valence-corrected chi connectivity index (χ4v) is 4.48. The third kappa shape index (κ3) is 4.50.